The van der Waals surface area contributed by atoms with E-state index in [0.717, 1.165) is 0 Å². The van der Waals surface area contributed by atoms with E-state index in [0.29, 0.717) is 5.15 Å². The molecule has 0 radical (unpaired) electrons. The predicted octanol–water partition coefficient (Wildman–Crippen LogP) is 2.28. The van der Waals surface area contributed by atoms with Crippen molar-refractivity contribution in [2.45, 2.75) is 19.6 Å². The van der Waals surface area contributed by atoms with Crippen molar-refractivity contribution in [2.24, 2.45) is 0 Å². The minimum Gasteiger partial charge on any atom is -0.245 e. The first kappa shape index (κ1) is 8.75. The largest absolute Gasteiger partial charge is 0.245 e. The summed E-state index contributed by atoms with van der Waals surface area (Å²) in [5.74, 6) is 0. The molecule has 0 aliphatic heterocycles. The van der Waals surface area contributed by atoms with Gasteiger partial charge in [-0.1, -0.05) is 37.3 Å². The first-order valence-electron chi connectivity index (χ1n) is 3.63. The van der Waals surface area contributed by atoms with E-state index in [1.54, 1.807) is 6.20 Å². The molecule has 0 atom stereocenters. The van der Waals surface area contributed by atoms with Crippen LogP contribution in [0.4, 0.5) is 0 Å². The average molecular weight is 186 g/mol. The van der Waals surface area contributed by atoms with E-state index in [1.807, 2.05) is 6.07 Å². The van der Waals surface area contributed by atoms with Crippen LogP contribution in [-0.2, 0) is 0 Å². The molecular weight excluding hydrogens is 174 g/mol. The molecule has 0 unspecified atom stereocenters. The Morgan fingerprint density at radius 2 is 2.00 bits per heavy atom. The van der Waals surface area contributed by atoms with Gasteiger partial charge in [0.1, 0.15) is 5.15 Å². The van der Waals surface area contributed by atoms with Crippen LogP contribution in [0.5, 0.6) is 0 Å². The number of hydrogen-bond acceptors (Lipinski definition) is 1. The number of pyridine rings is 1. The minimum atomic E-state index is -1.27. The molecule has 0 aliphatic carbocycles. The molecule has 0 fully saturated rings. The zero-order valence-corrected chi connectivity index (χ0v) is 8.81. The third-order valence-corrected chi connectivity index (χ3v) is 4.05. The Kier molecular flexibility index (Phi) is 2.35. The highest BCUT2D eigenvalue weighted by molar-refractivity contribution is 6.90. The van der Waals surface area contributed by atoms with E-state index in [4.69, 9.17) is 11.6 Å². The first-order chi connectivity index (χ1) is 5.02. The number of aromatic nitrogens is 1. The highest BCUT2D eigenvalue weighted by Crippen LogP contribution is 2.08. The molecule has 0 spiro atoms. The molecule has 0 saturated heterocycles. The maximum atomic E-state index is 5.93. The fourth-order valence-electron chi connectivity index (χ4n) is 0.945. The molecule has 11 heavy (non-hydrogen) atoms. The Bertz CT molecular complexity index is 255. The van der Waals surface area contributed by atoms with Crippen molar-refractivity contribution in [3.63, 3.8) is 0 Å². The summed E-state index contributed by atoms with van der Waals surface area (Å²) in [7, 11) is -1.27. The van der Waals surface area contributed by atoms with Gasteiger partial charge in [-0.25, -0.2) is 4.98 Å². The summed E-state index contributed by atoms with van der Waals surface area (Å²) in [6.45, 7) is 6.78. The molecule has 0 N–H and O–H groups in total. The first-order valence-corrected chi connectivity index (χ1v) is 7.50. The zero-order chi connectivity index (χ0) is 8.48. The van der Waals surface area contributed by atoms with Crippen molar-refractivity contribution >= 4 is 24.9 Å². The van der Waals surface area contributed by atoms with Crippen LogP contribution in [0.15, 0.2) is 18.3 Å². The van der Waals surface area contributed by atoms with Crippen LogP contribution in [0.3, 0.4) is 0 Å². The molecule has 1 nitrogen and oxygen atoms in total. The third-order valence-electron chi connectivity index (χ3n) is 1.57. The monoisotopic (exact) mass is 185 g/mol. The molecule has 1 aromatic rings. The Balaban J connectivity index is 3.14. The highest BCUT2D eigenvalue weighted by atomic mass is 35.5. The lowest BCUT2D eigenvalue weighted by Crippen LogP contribution is -2.38. The van der Waals surface area contributed by atoms with Crippen molar-refractivity contribution < 1.29 is 0 Å². The van der Waals surface area contributed by atoms with Crippen molar-refractivity contribution in [2.75, 3.05) is 0 Å². The molecule has 1 aromatic heterocycles. The highest BCUT2D eigenvalue weighted by Gasteiger charge is 2.19. The summed E-state index contributed by atoms with van der Waals surface area (Å²) in [5, 5.41) is 1.91. The summed E-state index contributed by atoms with van der Waals surface area (Å²) in [6.07, 6.45) is 1.73. The summed E-state index contributed by atoms with van der Waals surface area (Å²) >= 11 is 5.93. The number of nitrogens with zero attached hydrogens (tertiary/aromatic N) is 1. The summed E-state index contributed by atoms with van der Waals surface area (Å²) in [4.78, 5) is 4.05. The summed E-state index contributed by atoms with van der Waals surface area (Å²) < 4.78 is 0. The van der Waals surface area contributed by atoms with Gasteiger partial charge in [0.2, 0.25) is 0 Å². The molecule has 0 amide bonds. The van der Waals surface area contributed by atoms with Gasteiger partial charge in [0.25, 0.3) is 0 Å². The SMILES string of the molecule is C[Si](C)(C)c1cccnc1Cl. The van der Waals surface area contributed by atoms with Crippen LogP contribution in [0.2, 0.25) is 24.8 Å². The second kappa shape index (κ2) is 2.95. The van der Waals surface area contributed by atoms with E-state index in [2.05, 4.69) is 30.7 Å². The van der Waals surface area contributed by atoms with Gasteiger partial charge in [-0.2, -0.15) is 0 Å². The van der Waals surface area contributed by atoms with Gasteiger partial charge in [0, 0.05) is 6.20 Å². The van der Waals surface area contributed by atoms with Gasteiger partial charge in [0.15, 0.2) is 0 Å². The lowest BCUT2D eigenvalue weighted by atomic mass is 10.5. The average Bonchev–Trinajstić information content (AvgIpc) is 1.86. The Morgan fingerprint density at radius 1 is 1.36 bits per heavy atom. The van der Waals surface area contributed by atoms with Gasteiger partial charge < -0.3 is 0 Å². The van der Waals surface area contributed by atoms with Crippen LogP contribution in [-0.4, -0.2) is 13.1 Å². The van der Waals surface area contributed by atoms with Crippen LogP contribution in [0.25, 0.3) is 0 Å². The smallest absolute Gasteiger partial charge is 0.128 e. The van der Waals surface area contributed by atoms with Crippen LogP contribution in [0.1, 0.15) is 0 Å². The topological polar surface area (TPSA) is 12.9 Å². The number of halogens is 1. The molecule has 60 valence electrons. The fraction of sp³-hybridized carbons (Fsp3) is 0.375. The van der Waals surface area contributed by atoms with Gasteiger partial charge in [-0.3, -0.25) is 0 Å². The second-order valence-electron chi connectivity index (χ2n) is 3.59. The van der Waals surface area contributed by atoms with Crippen LogP contribution < -0.4 is 5.19 Å². The zero-order valence-electron chi connectivity index (χ0n) is 7.06. The van der Waals surface area contributed by atoms with E-state index in [-0.39, 0.29) is 0 Å². The van der Waals surface area contributed by atoms with Gasteiger partial charge >= 0.3 is 0 Å². The Morgan fingerprint density at radius 3 is 2.36 bits per heavy atom. The lowest BCUT2D eigenvalue weighted by molar-refractivity contribution is 1.34. The Hall–Kier alpha value is -0.343. The lowest BCUT2D eigenvalue weighted by Gasteiger charge is -2.16. The van der Waals surface area contributed by atoms with E-state index < -0.39 is 8.07 Å². The maximum Gasteiger partial charge on any atom is 0.128 e. The quantitative estimate of drug-likeness (QED) is 0.483. The normalized spacial score (nSPS) is 11.6. The van der Waals surface area contributed by atoms with Crippen molar-refractivity contribution in [3.8, 4) is 0 Å². The van der Waals surface area contributed by atoms with E-state index in [9.17, 15) is 0 Å². The number of rotatable bonds is 1. The van der Waals surface area contributed by atoms with Crippen LogP contribution >= 0.6 is 11.6 Å². The van der Waals surface area contributed by atoms with Crippen molar-refractivity contribution in [1.82, 2.24) is 4.98 Å². The molecular formula is C8H12ClNSi. The summed E-state index contributed by atoms with van der Waals surface area (Å²) in [5.41, 5.74) is 0. The molecule has 1 rings (SSSR count). The maximum absolute atomic E-state index is 5.93. The molecule has 0 aromatic carbocycles. The van der Waals surface area contributed by atoms with E-state index >= 15 is 0 Å². The molecule has 1 heterocycles. The fourth-order valence-corrected chi connectivity index (χ4v) is 3.19. The molecule has 3 heteroatoms. The van der Waals surface area contributed by atoms with Crippen LogP contribution in [0, 0.1) is 0 Å². The predicted molar refractivity (Wildman–Crippen MR) is 52.2 cm³/mol. The van der Waals surface area contributed by atoms with Gasteiger partial charge in [0.05, 0.1) is 8.07 Å². The summed E-state index contributed by atoms with van der Waals surface area (Å²) in [6, 6.07) is 4.01. The third kappa shape index (κ3) is 2.04. The standard InChI is InChI=1S/C8H12ClNSi/c1-11(2,3)7-5-4-6-10-8(7)9/h4-6H,1-3H3. The molecule has 0 saturated carbocycles. The molecule has 0 aliphatic rings. The minimum absolute atomic E-state index is 0.673. The second-order valence-corrected chi connectivity index (χ2v) is 8.99. The van der Waals surface area contributed by atoms with Gasteiger partial charge in [-0.15, -0.1) is 0 Å². The van der Waals surface area contributed by atoms with Gasteiger partial charge in [-0.05, 0) is 11.3 Å². The van der Waals surface area contributed by atoms with Crippen molar-refractivity contribution in [1.29, 1.82) is 0 Å². The van der Waals surface area contributed by atoms with E-state index in [1.165, 1.54) is 5.19 Å². The number of hydrogen-bond donors (Lipinski definition) is 0. The Labute approximate surface area is 73.4 Å². The van der Waals surface area contributed by atoms with Crippen molar-refractivity contribution in [3.05, 3.63) is 23.5 Å². The molecule has 0 bridgehead atoms.